The second-order valence-corrected chi connectivity index (χ2v) is 10.2. The van der Waals surface area contributed by atoms with Crippen LogP contribution in [0, 0.1) is 5.92 Å². The first-order valence-electron chi connectivity index (χ1n) is 13.5. The summed E-state index contributed by atoms with van der Waals surface area (Å²) in [6.45, 7) is 5.40. The van der Waals surface area contributed by atoms with Crippen molar-refractivity contribution in [1.29, 1.82) is 0 Å². The van der Waals surface area contributed by atoms with Gasteiger partial charge in [-0.05, 0) is 48.1 Å². The van der Waals surface area contributed by atoms with Crippen molar-refractivity contribution in [2.45, 2.75) is 45.4 Å². The van der Waals surface area contributed by atoms with Gasteiger partial charge in [0.05, 0.1) is 6.54 Å². The molecule has 0 bridgehead atoms. The molecule has 7 nitrogen and oxygen atoms in total. The van der Waals surface area contributed by atoms with Gasteiger partial charge in [-0.15, -0.1) is 0 Å². The molecular weight excluding hydrogens is 492 g/mol. The SMILES string of the molecule is COCC(=O)N1C[C@H](CC(C)C)Oc2ccccc2[C@@H]1C(=O)NCCc1ccc(OCc2ccccc2)cc1. The van der Waals surface area contributed by atoms with E-state index in [1.807, 2.05) is 78.9 Å². The van der Waals surface area contributed by atoms with Crippen molar-refractivity contribution in [3.8, 4) is 11.5 Å². The van der Waals surface area contributed by atoms with Crippen molar-refractivity contribution in [2.24, 2.45) is 5.92 Å². The van der Waals surface area contributed by atoms with Crippen LogP contribution in [-0.4, -0.2) is 49.6 Å². The third kappa shape index (κ3) is 7.83. The minimum absolute atomic E-state index is 0.0982. The lowest BCUT2D eigenvalue weighted by molar-refractivity contribution is -0.144. The number of carbonyl (C=O) groups is 2. The topological polar surface area (TPSA) is 77.1 Å². The van der Waals surface area contributed by atoms with E-state index in [2.05, 4.69) is 19.2 Å². The van der Waals surface area contributed by atoms with Gasteiger partial charge in [-0.2, -0.15) is 0 Å². The summed E-state index contributed by atoms with van der Waals surface area (Å²) in [5.74, 6) is 1.34. The molecule has 1 aliphatic rings. The number of fused-ring (bicyclic) bond motifs is 1. The molecule has 3 aromatic carbocycles. The predicted molar refractivity (Wildman–Crippen MR) is 151 cm³/mol. The zero-order valence-corrected chi connectivity index (χ0v) is 23.0. The van der Waals surface area contributed by atoms with Crippen LogP contribution in [0.3, 0.4) is 0 Å². The Bertz CT molecular complexity index is 1210. The lowest BCUT2D eigenvalue weighted by Gasteiger charge is -2.30. The largest absolute Gasteiger partial charge is 0.489 e. The van der Waals surface area contributed by atoms with Crippen LogP contribution in [0.15, 0.2) is 78.9 Å². The molecule has 1 aliphatic heterocycles. The third-order valence-electron chi connectivity index (χ3n) is 6.67. The van der Waals surface area contributed by atoms with E-state index in [1.165, 1.54) is 7.11 Å². The van der Waals surface area contributed by atoms with Gasteiger partial charge in [0.2, 0.25) is 11.8 Å². The van der Waals surface area contributed by atoms with Crippen LogP contribution in [0.2, 0.25) is 0 Å². The first-order chi connectivity index (χ1) is 18.9. The Labute approximate surface area is 231 Å². The molecule has 1 heterocycles. The molecule has 2 amide bonds. The van der Waals surface area contributed by atoms with E-state index in [9.17, 15) is 9.59 Å². The van der Waals surface area contributed by atoms with Crippen LogP contribution in [0.5, 0.6) is 11.5 Å². The van der Waals surface area contributed by atoms with Gasteiger partial charge < -0.3 is 24.4 Å². The number of hydrogen-bond donors (Lipinski definition) is 1. The lowest BCUT2D eigenvalue weighted by atomic mass is 10.0. The number of ether oxygens (including phenoxy) is 3. The first kappa shape index (κ1) is 28.2. The molecule has 206 valence electrons. The number of benzene rings is 3. The van der Waals surface area contributed by atoms with E-state index in [0.717, 1.165) is 23.3 Å². The third-order valence-corrected chi connectivity index (χ3v) is 6.67. The van der Waals surface area contributed by atoms with E-state index in [4.69, 9.17) is 14.2 Å². The van der Waals surface area contributed by atoms with Gasteiger partial charge in [0.25, 0.3) is 0 Å². The monoisotopic (exact) mass is 530 g/mol. The summed E-state index contributed by atoms with van der Waals surface area (Å²) >= 11 is 0. The van der Waals surface area contributed by atoms with Gasteiger partial charge in [0.1, 0.15) is 36.9 Å². The Balaban J connectivity index is 1.41. The fraction of sp³-hybridized carbons (Fsp3) is 0.375. The number of amides is 2. The maximum absolute atomic E-state index is 13.6. The summed E-state index contributed by atoms with van der Waals surface area (Å²) in [4.78, 5) is 28.3. The highest BCUT2D eigenvalue weighted by Crippen LogP contribution is 2.35. The zero-order valence-electron chi connectivity index (χ0n) is 23.0. The molecule has 1 N–H and O–H groups in total. The summed E-state index contributed by atoms with van der Waals surface area (Å²) < 4.78 is 17.3. The molecule has 39 heavy (non-hydrogen) atoms. The van der Waals surface area contributed by atoms with Crippen LogP contribution >= 0.6 is 0 Å². The molecule has 3 aromatic rings. The summed E-state index contributed by atoms with van der Waals surface area (Å²) in [5.41, 5.74) is 2.88. The number of hydrogen-bond acceptors (Lipinski definition) is 5. The summed E-state index contributed by atoms with van der Waals surface area (Å²) in [6.07, 6.45) is 1.20. The van der Waals surface area contributed by atoms with Crippen LogP contribution < -0.4 is 14.8 Å². The van der Waals surface area contributed by atoms with Crippen molar-refractivity contribution < 1.29 is 23.8 Å². The van der Waals surface area contributed by atoms with Gasteiger partial charge in [0, 0.05) is 19.2 Å². The lowest BCUT2D eigenvalue weighted by Crippen LogP contribution is -2.47. The van der Waals surface area contributed by atoms with E-state index < -0.39 is 6.04 Å². The molecule has 4 rings (SSSR count). The Morgan fingerprint density at radius 1 is 0.974 bits per heavy atom. The molecule has 0 saturated carbocycles. The van der Waals surface area contributed by atoms with Gasteiger partial charge in [-0.3, -0.25) is 9.59 Å². The fourth-order valence-electron chi connectivity index (χ4n) is 4.83. The fourth-order valence-corrected chi connectivity index (χ4v) is 4.83. The predicted octanol–water partition coefficient (Wildman–Crippen LogP) is 4.95. The van der Waals surface area contributed by atoms with E-state index in [-0.39, 0.29) is 24.5 Å². The van der Waals surface area contributed by atoms with Crippen molar-refractivity contribution in [1.82, 2.24) is 10.2 Å². The number of rotatable bonds is 11. The average Bonchev–Trinajstić information content (AvgIpc) is 3.09. The van der Waals surface area contributed by atoms with E-state index in [1.54, 1.807) is 4.90 Å². The van der Waals surface area contributed by atoms with Gasteiger partial charge in [-0.25, -0.2) is 0 Å². The Morgan fingerprint density at radius 3 is 2.41 bits per heavy atom. The van der Waals surface area contributed by atoms with Gasteiger partial charge >= 0.3 is 0 Å². The first-order valence-corrected chi connectivity index (χ1v) is 13.5. The molecule has 0 fully saturated rings. The Kier molecular flexibility index (Phi) is 9.97. The van der Waals surface area contributed by atoms with Crippen LogP contribution in [0.25, 0.3) is 0 Å². The smallest absolute Gasteiger partial charge is 0.249 e. The second-order valence-electron chi connectivity index (χ2n) is 10.2. The minimum atomic E-state index is -0.797. The van der Waals surface area contributed by atoms with Gasteiger partial charge in [0.15, 0.2) is 0 Å². The molecular formula is C32H38N2O5. The molecule has 0 aromatic heterocycles. The van der Waals surface area contributed by atoms with Crippen LogP contribution in [-0.2, 0) is 27.4 Å². The van der Waals surface area contributed by atoms with Crippen LogP contribution in [0.1, 0.15) is 43.0 Å². The highest BCUT2D eigenvalue weighted by atomic mass is 16.5. The Morgan fingerprint density at radius 2 is 1.69 bits per heavy atom. The molecule has 0 unspecified atom stereocenters. The number of carbonyl (C=O) groups excluding carboxylic acids is 2. The van der Waals surface area contributed by atoms with Crippen molar-refractivity contribution >= 4 is 11.8 Å². The maximum Gasteiger partial charge on any atom is 0.249 e. The zero-order chi connectivity index (χ0) is 27.6. The highest BCUT2D eigenvalue weighted by Gasteiger charge is 2.38. The normalized spacial score (nSPS) is 16.7. The number of nitrogens with one attached hydrogen (secondary N) is 1. The average molecular weight is 531 g/mol. The van der Waals surface area contributed by atoms with Crippen molar-refractivity contribution in [2.75, 3.05) is 26.8 Å². The number of para-hydroxylation sites is 1. The van der Waals surface area contributed by atoms with Crippen molar-refractivity contribution in [3.05, 3.63) is 95.6 Å². The second kappa shape index (κ2) is 13.8. The summed E-state index contributed by atoms with van der Waals surface area (Å²) in [7, 11) is 1.48. The number of nitrogens with zero attached hydrogens (tertiary/aromatic N) is 1. The molecule has 2 atom stereocenters. The molecule has 0 spiro atoms. The molecule has 0 radical (unpaired) electrons. The Hall–Kier alpha value is -3.84. The quantitative estimate of drug-likeness (QED) is 0.380. The van der Waals surface area contributed by atoms with E-state index in [0.29, 0.717) is 43.3 Å². The molecule has 0 aliphatic carbocycles. The van der Waals surface area contributed by atoms with Gasteiger partial charge in [-0.1, -0.05) is 74.5 Å². The summed E-state index contributed by atoms with van der Waals surface area (Å²) in [6, 6.07) is 24.6. The number of methoxy groups -OCH3 is 1. The standard InChI is InChI=1S/C32H38N2O5/c1-23(2)19-27-20-34(30(35)22-37-3)31(28-11-7-8-12-29(28)39-27)32(36)33-18-17-24-13-15-26(16-14-24)38-21-25-9-5-4-6-10-25/h4-16,23,27,31H,17-22H2,1-3H3,(H,33,36)/t27-,31+/m0/s1. The maximum atomic E-state index is 13.6. The van der Waals surface area contributed by atoms with Crippen molar-refractivity contribution in [3.63, 3.8) is 0 Å². The highest BCUT2D eigenvalue weighted by molar-refractivity contribution is 5.90. The minimum Gasteiger partial charge on any atom is -0.489 e. The molecule has 7 heteroatoms. The van der Waals surface area contributed by atoms with Crippen LogP contribution in [0.4, 0.5) is 0 Å². The summed E-state index contributed by atoms with van der Waals surface area (Å²) in [5, 5.41) is 3.05. The molecule has 0 saturated heterocycles. The van der Waals surface area contributed by atoms with E-state index >= 15 is 0 Å².